The van der Waals surface area contributed by atoms with Crippen molar-refractivity contribution < 1.29 is 14.6 Å². The first kappa shape index (κ1) is 12.9. The fourth-order valence-corrected chi connectivity index (χ4v) is 2.04. The monoisotopic (exact) mass is 217 g/mol. The molecule has 4 nitrogen and oxygen atoms in total. The van der Waals surface area contributed by atoms with Crippen molar-refractivity contribution in [2.75, 3.05) is 26.4 Å². The summed E-state index contributed by atoms with van der Waals surface area (Å²) >= 11 is 0. The van der Waals surface area contributed by atoms with E-state index >= 15 is 0 Å². The van der Waals surface area contributed by atoms with E-state index < -0.39 is 5.54 Å². The molecular formula is C11H23NO3. The summed E-state index contributed by atoms with van der Waals surface area (Å²) < 4.78 is 10.9. The highest BCUT2D eigenvalue weighted by Crippen LogP contribution is 2.27. The van der Waals surface area contributed by atoms with E-state index in [-0.39, 0.29) is 12.7 Å². The van der Waals surface area contributed by atoms with E-state index in [9.17, 15) is 5.11 Å². The van der Waals surface area contributed by atoms with E-state index in [0.29, 0.717) is 13.2 Å². The minimum atomic E-state index is -0.422. The van der Waals surface area contributed by atoms with Crippen molar-refractivity contribution in [2.24, 2.45) is 5.73 Å². The number of hydrogen-bond donors (Lipinski definition) is 2. The number of aliphatic hydroxyl groups excluding tert-OH is 1. The Bertz CT molecular complexity index is 177. The highest BCUT2D eigenvalue weighted by atomic mass is 16.5. The van der Waals surface area contributed by atoms with Crippen molar-refractivity contribution in [2.45, 2.75) is 44.2 Å². The topological polar surface area (TPSA) is 64.7 Å². The van der Waals surface area contributed by atoms with Gasteiger partial charge in [-0.25, -0.2) is 0 Å². The van der Waals surface area contributed by atoms with Crippen LogP contribution in [0.25, 0.3) is 0 Å². The van der Waals surface area contributed by atoms with Gasteiger partial charge in [-0.2, -0.15) is 0 Å². The molecular weight excluding hydrogens is 194 g/mol. The van der Waals surface area contributed by atoms with Crippen molar-refractivity contribution >= 4 is 0 Å². The lowest BCUT2D eigenvalue weighted by Crippen LogP contribution is -2.49. The van der Waals surface area contributed by atoms with Crippen molar-refractivity contribution in [1.29, 1.82) is 0 Å². The summed E-state index contributed by atoms with van der Waals surface area (Å²) in [4.78, 5) is 0. The first-order valence-electron chi connectivity index (χ1n) is 5.79. The average molecular weight is 217 g/mol. The molecule has 1 saturated carbocycles. The third-order valence-corrected chi connectivity index (χ3v) is 2.94. The van der Waals surface area contributed by atoms with Crippen LogP contribution in [0.15, 0.2) is 0 Å². The number of nitrogens with two attached hydrogens (primary N) is 1. The second kappa shape index (κ2) is 6.43. The van der Waals surface area contributed by atoms with Crippen LogP contribution in [0.1, 0.15) is 32.6 Å². The van der Waals surface area contributed by atoms with Crippen LogP contribution in [0, 0.1) is 0 Å². The van der Waals surface area contributed by atoms with Gasteiger partial charge in [-0.05, 0) is 32.6 Å². The smallest absolute Gasteiger partial charge is 0.0704 e. The van der Waals surface area contributed by atoms with Gasteiger partial charge >= 0.3 is 0 Å². The quantitative estimate of drug-likeness (QED) is 0.642. The summed E-state index contributed by atoms with van der Waals surface area (Å²) in [5.74, 6) is 0. The summed E-state index contributed by atoms with van der Waals surface area (Å²) in [5.41, 5.74) is 5.60. The SMILES string of the molecule is CCOCCOC1CCCC(N)(CO)C1. The molecule has 0 aromatic heterocycles. The summed E-state index contributed by atoms with van der Waals surface area (Å²) in [6, 6.07) is 0. The Kier molecular flexibility index (Phi) is 5.53. The minimum absolute atomic E-state index is 0.0539. The predicted octanol–water partition coefficient (Wildman–Crippen LogP) is 0.672. The van der Waals surface area contributed by atoms with E-state index in [0.717, 1.165) is 32.3 Å². The van der Waals surface area contributed by atoms with E-state index in [2.05, 4.69) is 0 Å². The molecule has 2 unspecified atom stereocenters. The van der Waals surface area contributed by atoms with Crippen LogP contribution >= 0.6 is 0 Å². The Morgan fingerprint density at radius 1 is 1.47 bits per heavy atom. The molecule has 2 atom stereocenters. The van der Waals surface area contributed by atoms with Crippen LogP contribution in [-0.4, -0.2) is 43.2 Å². The fraction of sp³-hybridized carbons (Fsp3) is 1.00. The van der Waals surface area contributed by atoms with Crippen LogP contribution in [0.4, 0.5) is 0 Å². The van der Waals surface area contributed by atoms with Gasteiger partial charge in [-0.1, -0.05) is 0 Å². The summed E-state index contributed by atoms with van der Waals surface area (Å²) in [6.07, 6.45) is 3.93. The molecule has 3 N–H and O–H groups in total. The molecule has 0 bridgehead atoms. The van der Waals surface area contributed by atoms with Gasteiger partial charge in [0, 0.05) is 12.1 Å². The molecule has 0 saturated heterocycles. The summed E-state index contributed by atoms with van der Waals surface area (Å²) in [5, 5.41) is 9.17. The zero-order valence-electron chi connectivity index (χ0n) is 9.58. The lowest BCUT2D eigenvalue weighted by atomic mass is 9.81. The van der Waals surface area contributed by atoms with Crippen LogP contribution in [0.2, 0.25) is 0 Å². The summed E-state index contributed by atoms with van der Waals surface area (Å²) in [7, 11) is 0. The molecule has 1 rings (SSSR count). The van der Waals surface area contributed by atoms with Gasteiger partial charge in [0.05, 0.1) is 25.9 Å². The zero-order valence-corrected chi connectivity index (χ0v) is 9.58. The predicted molar refractivity (Wildman–Crippen MR) is 58.7 cm³/mol. The standard InChI is InChI=1S/C11H23NO3/c1-2-14-6-7-15-10-4-3-5-11(12,8-10)9-13/h10,13H,2-9,12H2,1H3. The van der Waals surface area contributed by atoms with Gasteiger partial charge < -0.3 is 20.3 Å². The molecule has 4 heteroatoms. The molecule has 15 heavy (non-hydrogen) atoms. The molecule has 0 aromatic carbocycles. The van der Waals surface area contributed by atoms with Gasteiger partial charge in [-0.3, -0.25) is 0 Å². The Hall–Kier alpha value is -0.160. The Labute approximate surface area is 91.7 Å². The highest BCUT2D eigenvalue weighted by molar-refractivity contribution is 4.90. The van der Waals surface area contributed by atoms with E-state index in [1.165, 1.54) is 0 Å². The molecule has 1 aliphatic carbocycles. The third-order valence-electron chi connectivity index (χ3n) is 2.94. The van der Waals surface area contributed by atoms with Crippen LogP contribution in [0.3, 0.4) is 0 Å². The van der Waals surface area contributed by atoms with Crippen LogP contribution < -0.4 is 5.73 Å². The van der Waals surface area contributed by atoms with Crippen molar-refractivity contribution in [3.63, 3.8) is 0 Å². The normalized spacial score (nSPS) is 31.8. The van der Waals surface area contributed by atoms with Crippen molar-refractivity contribution in [1.82, 2.24) is 0 Å². The largest absolute Gasteiger partial charge is 0.394 e. The molecule has 90 valence electrons. The molecule has 0 aromatic rings. The van der Waals surface area contributed by atoms with Gasteiger partial charge in [-0.15, -0.1) is 0 Å². The first-order valence-corrected chi connectivity index (χ1v) is 5.79. The summed E-state index contributed by atoms with van der Waals surface area (Å²) in [6.45, 7) is 4.02. The van der Waals surface area contributed by atoms with Crippen LogP contribution in [-0.2, 0) is 9.47 Å². The molecule has 1 aliphatic rings. The molecule has 0 amide bonds. The van der Waals surface area contributed by atoms with Gasteiger partial charge in [0.25, 0.3) is 0 Å². The molecule has 0 aliphatic heterocycles. The fourth-order valence-electron chi connectivity index (χ4n) is 2.04. The van der Waals surface area contributed by atoms with Crippen molar-refractivity contribution in [3.05, 3.63) is 0 Å². The second-order valence-corrected chi connectivity index (χ2v) is 4.31. The van der Waals surface area contributed by atoms with Gasteiger partial charge in [0.15, 0.2) is 0 Å². The second-order valence-electron chi connectivity index (χ2n) is 4.31. The lowest BCUT2D eigenvalue weighted by molar-refractivity contribution is -0.0294. The van der Waals surface area contributed by atoms with Crippen molar-refractivity contribution in [3.8, 4) is 0 Å². The maximum atomic E-state index is 9.17. The highest BCUT2D eigenvalue weighted by Gasteiger charge is 2.32. The number of ether oxygens (including phenoxy) is 2. The number of hydrogen-bond acceptors (Lipinski definition) is 4. The Morgan fingerprint density at radius 2 is 2.27 bits per heavy atom. The minimum Gasteiger partial charge on any atom is -0.394 e. The maximum Gasteiger partial charge on any atom is 0.0704 e. The molecule has 0 radical (unpaired) electrons. The Balaban J connectivity index is 2.18. The lowest BCUT2D eigenvalue weighted by Gasteiger charge is -2.36. The third kappa shape index (κ3) is 4.47. The maximum absolute atomic E-state index is 9.17. The molecule has 0 spiro atoms. The molecule has 1 fully saturated rings. The first-order chi connectivity index (χ1) is 7.20. The number of aliphatic hydroxyl groups is 1. The van der Waals surface area contributed by atoms with E-state index in [1.807, 2.05) is 6.92 Å². The average Bonchev–Trinajstić information content (AvgIpc) is 2.25. The van der Waals surface area contributed by atoms with Crippen LogP contribution in [0.5, 0.6) is 0 Å². The van der Waals surface area contributed by atoms with E-state index in [4.69, 9.17) is 15.2 Å². The van der Waals surface area contributed by atoms with Gasteiger partial charge in [0.2, 0.25) is 0 Å². The van der Waals surface area contributed by atoms with E-state index in [1.54, 1.807) is 0 Å². The zero-order chi connectivity index (χ0) is 11.1. The van der Waals surface area contributed by atoms with Gasteiger partial charge in [0.1, 0.15) is 0 Å². The number of rotatable bonds is 6. The molecule has 0 heterocycles. The Morgan fingerprint density at radius 3 is 2.93 bits per heavy atom.